The number of benzene rings is 1. The highest BCUT2D eigenvalue weighted by atomic mass is 19.1. The Bertz CT molecular complexity index is 504. The lowest BCUT2D eigenvalue weighted by Gasteiger charge is -2.08. The molecule has 6 heteroatoms. The van der Waals surface area contributed by atoms with E-state index in [1.807, 2.05) is 0 Å². The van der Waals surface area contributed by atoms with E-state index in [0.29, 0.717) is 6.42 Å². The lowest BCUT2D eigenvalue weighted by atomic mass is 10.1. The van der Waals surface area contributed by atoms with Crippen molar-refractivity contribution >= 4 is 17.4 Å². The van der Waals surface area contributed by atoms with E-state index < -0.39 is 5.82 Å². The normalized spacial score (nSPS) is 11.4. The van der Waals surface area contributed by atoms with Gasteiger partial charge in [-0.05, 0) is 24.6 Å². The number of nitrogens with one attached hydrogen (secondary N) is 1. The van der Waals surface area contributed by atoms with Gasteiger partial charge in [0.1, 0.15) is 5.82 Å². The molecule has 0 heterocycles. The summed E-state index contributed by atoms with van der Waals surface area (Å²) in [7, 11) is 0. The first kappa shape index (κ1) is 16.9. The molecule has 5 nitrogen and oxygen atoms in total. The van der Waals surface area contributed by atoms with Crippen LogP contribution >= 0.6 is 0 Å². The van der Waals surface area contributed by atoms with Gasteiger partial charge >= 0.3 is 0 Å². The number of nitrogens with two attached hydrogens (primary N) is 1. The zero-order valence-corrected chi connectivity index (χ0v) is 12.2. The zero-order chi connectivity index (χ0) is 15.7. The third kappa shape index (κ3) is 5.81. The Morgan fingerprint density at radius 1 is 1.33 bits per heavy atom. The molecular weight excluding hydrogens is 273 g/mol. The number of hydrogen-bond donors (Lipinski definition) is 3. The minimum absolute atomic E-state index is 0.100. The molecule has 21 heavy (non-hydrogen) atoms. The Hall–Kier alpha value is -2.11. The Balaban J connectivity index is 2.49. The average molecular weight is 295 g/mol. The van der Waals surface area contributed by atoms with Gasteiger partial charge in [0.05, 0.1) is 5.69 Å². The van der Waals surface area contributed by atoms with Gasteiger partial charge in [-0.1, -0.05) is 37.8 Å². The van der Waals surface area contributed by atoms with Crippen molar-refractivity contribution in [3.63, 3.8) is 0 Å². The second kappa shape index (κ2) is 8.94. The molecule has 1 rings (SSSR count). The van der Waals surface area contributed by atoms with E-state index in [1.165, 1.54) is 18.6 Å². The van der Waals surface area contributed by atoms with Crippen molar-refractivity contribution in [1.29, 1.82) is 0 Å². The molecule has 0 aliphatic carbocycles. The van der Waals surface area contributed by atoms with E-state index in [-0.39, 0.29) is 23.0 Å². The Morgan fingerprint density at radius 2 is 2.05 bits per heavy atom. The topological polar surface area (TPSA) is 87.7 Å². The quantitative estimate of drug-likeness (QED) is 0.226. The monoisotopic (exact) mass is 295 g/mol. The van der Waals surface area contributed by atoms with Crippen LogP contribution in [0.15, 0.2) is 23.4 Å². The fraction of sp³-hybridized carbons (Fsp3) is 0.467. The second-order valence-electron chi connectivity index (χ2n) is 4.89. The van der Waals surface area contributed by atoms with Crippen LogP contribution in [0.4, 0.5) is 10.1 Å². The van der Waals surface area contributed by atoms with Gasteiger partial charge in [-0.15, -0.1) is 0 Å². The van der Waals surface area contributed by atoms with Gasteiger partial charge in [0.2, 0.25) is 5.91 Å². The van der Waals surface area contributed by atoms with Gasteiger partial charge in [0, 0.05) is 12.0 Å². The fourth-order valence-corrected chi connectivity index (χ4v) is 1.94. The number of carbonyl (C=O) groups is 1. The number of nitrogens with zero attached hydrogens (tertiary/aromatic N) is 1. The molecule has 0 bridgehead atoms. The molecule has 0 aliphatic heterocycles. The summed E-state index contributed by atoms with van der Waals surface area (Å²) in [5.74, 6) is -0.997. The summed E-state index contributed by atoms with van der Waals surface area (Å²) < 4.78 is 13.8. The number of rotatable bonds is 8. The highest BCUT2D eigenvalue weighted by Gasteiger charge is 2.09. The summed E-state index contributed by atoms with van der Waals surface area (Å²) in [5.41, 5.74) is 5.72. The van der Waals surface area contributed by atoms with E-state index in [1.54, 1.807) is 0 Å². The van der Waals surface area contributed by atoms with Crippen molar-refractivity contribution < 1.29 is 14.4 Å². The largest absolute Gasteiger partial charge is 0.409 e. The van der Waals surface area contributed by atoms with E-state index in [4.69, 9.17) is 10.9 Å². The fourth-order valence-electron chi connectivity index (χ4n) is 1.94. The van der Waals surface area contributed by atoms with Crippen LogP contribution in [0.25, 0.3) is 0 Å². The average Bonchev–Trinajstić information content (AvgIpc) is 2.48. The third-order valence-electron chi connectivity index (χ3n) is 3.15. The predicted octanol–water partition coefficient (Wildman–Crippen LogP) is 3.22. The van der Waals surface area contributed by atoms with Crippen molar-refractivity contribution in [1.82, 2.24) is 0 Å². The first-order valence-electron chi connectivity index (χ1n) is 7.15. The van der Waals surface area contributed by atoms with Gasteiger partial charge in [-0.2, -0.15) is 0 Å². The van der Waals surface area contributed by atoms with Gasteiger partial charge < -0.3 is 16.3 Å². The molecule has 1 aromatic rings. The molecule has 0 atom stereocenters. The number of amidine groups is 1. The highest BCUT2D eigenvalue weighted by molar-refractivity contribution is 5.98. The van der Waals surface area contributed by atoms with E-state index in [9.17, 15) is 9.18 Å². The lowest BCUT2D eigenvalue weighted by molar-refractivity contribution is -0.116. The van der Waals surface area contributed by atoms with Crippen LogP contribution in [-0.4, -0.2) is 17.0 Å². The molecule has 0 saturated heterocycles. The van der Waals surface area contributed by atoms with Crippen LogP contribution in [0.1, 0.15) is 51.0 Å². The molecule has 4 N–H and O–H groups in total. The molecule has 0 unspecified atom stereocenters. The molecule has 0 fully saturated rings. The first-order valence-corrected chi connectivity index (χ1v) is 7.15. The molecule has 0 saturated carbocycles. The van der Waals surface area contributed by atoms with Crippen molar-refractivity contribution in [3.05, 3.63) is 29.6 Å². The SMILES string of the molecule is CCCCCCCC(=O)Nc1ccc(/C(N)=N/O)cc1F. The summed E-state index contributed by atoms with van der Waals surface area (Å²) in [5, 5.41) is 13.8. The maximum Gasteiger partial charge on any atom is 0.224 e. The molecule has 0 aromatic heterocycles. The molecule has 0 aliphatic rings. The maximum absolute atomic E-state index is 13.8. The zero-order valence-electron chi connectivity index (χ0n) is 12.2. The van der Waals surface area contributed by atoms with Crippen LogP contribution in [0.3, 0.4) is 0 Å². The summed E-state index contributed by atoms with van der Waals surface area (Å²) in [6.07, 6.45) is 5.63. The molecule has 1 amide bonds. The Kier molecular flexibility index (Phi) is 7.21. The minimum atomic E-state index is -0.613. The number of hydrogen-bond acceptors (Lipinski definition) is 3. The van der Waals surface area contributed by atoms with Gasteiger partial charge in [0.15, 0.2) is 5.84 Å². The number of halogens is 1. The van der Waals surface area contributed by atoms with Crippen LogP contribution in [0.2, 0.25) is 0 Å². The molecule has 1 aromatic carbocycles. The number of amides is 1. The number of unbranched alkanes of at least 4 members (excludes halogenated alkanes) is 4. The van der Waals surface area contributed by atoms with Gasteiger partial charge in [-0.25, -0.2) is 4.39 Å². The lowest BCUT2D eigenvalue weighted by Crippen LogP contribution is -2.15. The van der Waals surface area contributed by atoms with Gasteiger partial charge in [0.25, 0.3) is 0 Å². The van der Waals surface area contributed by atoms with Crippen molar-refractivity contribution in [2.75, 3.05) is 5.32 Å². The third-order valence-corrected chi connectivity index (χ3v) is 3.15. The molecule has 0 spiro atoms. The van der Waals surface area contributed by atoms with E-state index >= 15 is 0 Å². The van der Waals surface area contributed by atoms with Crippen molar-refractivity contribution in [2.24, 2.45) is 10.9 Å². The van der Waals surface area contributed by atoms with Gasteiger partial charge in [-0.3, -0.25) is 4.79 Å². The van der Waals surface area contributed by atoms with Crippen molar-refractivity contribution in [2.45, 2.75) is 45.4 Å². The van der Waals surface area contributed by atoms with Crippen LogP contribution in [0.5, 0.6) is 0 Å². The Labute approximate surface area is 124 Å². The summed E-state index contributed by atoms with van der Waals surface area (Å²) in [4.78, 5) is 11.7. The first-order chi connectivity index (χ1) is 10.1. The molecule has 0 radical (unpaired) electrons. The predicted molar refractivity (Wildman–Crippen MR) is 80.9 cm³/mol. The summed E-state index contributed by atoms with van der Waals surface area (Å²) in [6.45, 7) is 2.13. The second-order valence-corrected chi connectivity index (χ2v) is 4.89. The maximum atomic E-state index is 13.8. The highest BCUT2D eigenvalue weighted by Crippen LogP contribution is 2.16. The molecule has 116 valence electrons. The van der Waals surface area contributed by atoms with Crippen LogP contribution in [-0.2, 0) is 4.79 Å². The Morgan fingerprint density at radius 3 is 2.67 bits per heavy atom. The summed E-state index contributed by atoms with van der Waals surface area (Å²) in [6, 6.07) is 4.00. The number of oxime groups is 1. The minimum Gasteiger partial charge on any atom is -0.409 e. The number of anilines is 1. The summed E-state index contributed by atoms with van der Waals surface area (Å²) >= 11 is 0. The van der Waals surface area contributed by atoms with E-state index in [0.717, 1.165) is 31.7 Å². The van der Waals surface area contributed by atoms with E-state index in [2.05, 4.69) is 17.4 Å². The smallest absolute Gasteiger partial charge is 0.224 e. The van der Waals surface area contributed by atoms with Crippen LogP contribution < -0.4 is 11.1 Å². The number of carbonyl (C=O) groups excluding carboxylic acids is 1. The molecular formula is C15H22FN3O2. The van der Waals surface area contributed by atoms with Crippen LogP contribution in [0, 0.1) is 5.82 Å². The standard InChI is InChI=1S/C15H22FN3O2/c1-2-3-4-5-6-7-14(20)18-13-9-8-11(10-12(13)16)15(17)19-21/h8-10,21H,2-7H2,1H3,(H2,17,19)(H,18,20). The van der Waals surface area contributed by atoms with Crippen molar-refractivity contribution in [3.8, 4) is 0 Å².